The van der Waals surface area contributed by atoms with E-state index in [-0.39, 0.29) is 67.9 Å². The molecule has 0 saturated carbocycles. The summed E-state index contributed by atoms with van der Waals surface area (Å²) in [7, 11) is -16.7. The van der Waals surface area contributed by atoms with Crippen LogP contribution < -0.4 is 22.9 Å². The SMILES string of the molecule is Nc1ncnc2c1ncn2[C@@H]1O[C@@H]2COP(=O)(O)O[C@H]3[C@@H](O)[C@H](n4cnc5c(N)ncnc54)O[C@@H]3COP(=O)(O)O[C@H]3[C@@H](O)[C@H](n4cnc5c(N)ncnc54)O[C@@H]3COP(=O)(O)O[C@H]3[C@@H](O)[C@H](n4cnc5c(N)ncnc54)O[C@@H]3CO[C@H]2[C@H]1O. The summed E-state index contributed by atoms with van der Waals surface area (Å²) in [4.78, 5) is 83.7. The summed E-state index contributed by atoms with van der Waals surface area (Å²) < 4.78 is 112. The Labute approximate surface area is 466 Å². The molecular weight excluding hydrogens is 1190 g/mol. The van der Waals surface area contributed by atoms with Gasteiger partial charge in [-0.3, -0.25) is 45.4 Å². The molecule has 0 aromatic carbocycles. The zero-order valence-electron chi connectivity index (χ0n) is 42.3. The number of ether oxygens (including phenoxy) is 5. The third-order valence-electron chi connectivity index (χ3n) is 14.3. The Kier molecular flexibility index (Phi) is 14.4. The summed E-state index contributed by atoms with van der Waals surface area (Å²) >= 11 is 0. The molecule has 8 aromatic rings. The van der Waals surface area contributed by atoms with Crippen molar-refractivity contribution in [2.24, 2.45) is 0 Å². The van der Waals surface area contributed by atoms with Gasteiger partial charge in [0, 0.05) is 0 Å². The third-order valence-corrected chi connectivity index (χ3v) is 17.3. The summed E-state index contributed by atoms with van der Waals surface area (Å²) in [5.41, 5.74) is 24.5. The van der Waals surface area contributed by atoms with Gasteiger partial charge in [-0.25, -0.2) is 73.5 Å². The lowest BCUT2D eigenvalue weighted by atomic mass is 10.1. The number of nitrogens with two attached hydrogens (primary N) is 4. The Balaban J connectivity index is 0.865. The maximum atomic E-state index is 14.3. The molecule has 5 aliphatic heterocycles. The van der Waals surface area contributed by atoms with Crippen molar-refractivity contribution in [2.45, 2.75) is 98.2 Å². The molecule has 13 heterocycles. The van der Waals surface area contributed by atoms with E-state index in [1.807, 2.05) is 0 Å². The van der Waals surface area contributed by atoms with Crippen LogP contribution in [-0.4, -0.2) is 213 Å². The maximum Gasteiger partial charge on any atom is 0.472 e. The van der Waals surface area contributed by atoms with E-state index < -0.39 is 148 Å². The fourth-order valence-corrected chi connectivity index (χ4v) is 13.3. The molecule has 3 unspecified atom stereocenters. The number of phosphoric acid groups is 3. The van der Waals surface area contributed by atoms with E-state index in [4.69, 9.17) is 73.8 Å². The van der Waals surface area contributed by atoms with Crippen molar-refractivity contribution < 1.29 is 99.6 Å². The number of aromatic nitrogens is 16. The molecule has 448 valence electrons. The van der Waals surface area contributed by atoms with Gasteiger partial charge in [-0.05, 0) is 0 Å². The molecule has 0 radical (unpaired) electrons. The second kappa shape index (κ2) is 21.4. The van der Waals surface area contributed by atoms with E-state index >= 15 is 0 Å². The van der Waals surface area contributed by atoms with Gasteiger partial charge < -0.3 is 81.7 Å². The van der Waals surface area contributed by atoms with Crippen LogP contribution in [0.25, 0.3) is 44.7 Å². The fraction of sp³-hybridized carbons (Fsp3) is 0.500. The van der Waals surface area contributed by atoms with Crippen LogP contribution in [0.15, 0.2) is 50.6 Å². The number of anilines is 4. The molecule has 19 atom stereocenters. The van der Waals surface area contributed by atoms with Gasteiger partial charge in [-0.1, -0.05) is 0 Å². The number of phosphoric ester groups is 3. The predicted molar refractivity (Wildman–Crippen MR) is 270 cm³/mol. The minimum absolute atomic E-state index is 0.00205. The molecule has 5 fully saturated rings. The quantitative estimate of drug-likeness (QED) is 0.0766. The largest absolute Gasteiger partial charge is 0.472 e. The number of fused-ring (bicyclic) bond motifs is 8. The van der Waals surface area contributed by atoms with Crippen molar-refractivity contribution in [3.63, 3.8) is 0 Å². The van der Waals surface area contributed by atoms with Crippen molar-refractivity contribution in [1.29, 1.82) is 0 Å². The van der Waals surface area contributed by atoms with Crippen molar-refractivity contribution >= 4 is 91.4 Å². The van der Waals surface area contributed by atoms with E-state index in [2.05, 4.69) is 59.8 Å². The highest BCUT2D eigenvalue weighted by molar-refractivity contribution is 7.48. The van der Waals surface area contributed by atoms with Gasteiger partial charge in [0.05, 0.1) is 51.7 Å². The van der Waals surface area contributed by atoms with Gasteiger partial charge in [0.15, 0.2) is 70.8 Å². The molecule has 5 aliphatic rings. The van der Waals surface area contributed by atoms with E-state index in [1.165, 1.54) is 21.8 Å². The van der Waals surface area contributed by atoms with Crippen LogP contribution in [0.5, 0.6) is 0 Å². The second-order valence-electron chi connectivity index (χ2n) is 19.4. The molecule has 84 heavy (non-hydrogen) atoms. The lowest BCUT2D eigenvalue weighted by Gasteiger charge is -2.28. The topological polar surface area (TPSA) is 573 Å². The van der Waals surface area contributed by atoms with Crippen LogP contribution in [0.4, 0.5) is 23.3 Å². The molecule has 44 heteroatoms. The summed E-state index contributed by atoms with van der Waals surface area (Å²) in [6, 6.07) is 0. The molecule has 15 N–H and O–H groups in total. The van der Waals surface area contributed by atoms with Gasteiger partial charge >= 0.3 is 23.5 Å². The van der Waals surface area contributed by atoms with Crippen LogP contribution in [0, 0.1) is 0 Å². The first-order chi connectivity index (χ1) is 40.1. The predicted octanol–water partition coefficient (Wildman–Crippen LogP) is -3.39. The number of hydrogen-bond donors (Lipinski definition) is 11. The lowest BCUT2D eigenvalue weighted by molar-refractivity contribution is -0.111. The lowest BCUT2D eigenvalue weighted by Crippen LogP contribution is -2.42. The number of imidazole rings is 4. The molecular formula is C40H47N20O21P3. The van der Waals surface area contributed by atoms with Gasteiger partial charge in [-0.2, -0.15) is 0 Å². The number of rotatable bonds is 4. The normalized spacial score (nSPS) is 37.5. The number of aliphatic hydroxyl groups is 4. The first-order valence-corrected chi connectivity index (χ1v) is 29.3. The number of hydrogen-bond acceptors (Lipinski definition) is 34. The van der Waals surface area contributed by atoms with Crippen molar-refractivity contribution in [3.05, 3.63) is 50.6 Å². The van der Waals surface area contributed by atoms with Crippen LogP contribution in [0.1, 0.15) is 24.9 Å². The zero-order chi connectivity index (χ0) is 58.7. The first-order valence-electron chi connectivity index (χ1n) is 24.8. The molecule has 5 saturated heterocycles. The summed E-state index contributed by atoms with van der Waals surface area (Å²) in [6.07, 6.45) is -19.5. The monoisotopic (exact) mass is 1240 g/mol. The van der Waals surface area contributed by atoms with Crippen molar-refractivity contribution in [2.75, 3.05) is 49.4 Å². The average molecular weight is 1240 g/mol. The third kappa shape index (κ3) is 10.1. The standard InChI is InChI=1S/C40H47N20O21P3/c41-29-17-33(49-5-45-29)57(9-53-17)37-21(61)25-14(76-37)2-72-82(65,66)80-27-16(78-39(23(27)63)59-11-55-19-31(43)47-7-51-35(19)59)4-74-84(69,70)81-28-15(77-40(24(28)64)60-12-56-20-32(44)48-8-52-36(20)60)3-73-83(67,68)79-26-13(1-71-25)75-38(22(26)62)58-10-54-18-30(42)46-6-50-34(18)58/h5-16,21-28,37-40,61-64H,1-4H2,(H,65,66)(H,67,68)(H,69,70)(H2,41,45,49)(H2,42,46,50)(H2,43,47,51)(H2,44,48,52)/t13-,14-,15-,16-,21-,22-,23-,24-,25-,26-,27-,28-,37-,38-,39-,40-/m1/s1. The van der Waals surface area contributed by atoms with Crippen LogP contribution in [0.2, 0.25) is 0 Å². The highest BCUT2D eigenvalue weighted by atomic mass is 31.2. The molecule has 13 rings (SSSR count). The molecule has 0 spiro atoms. The Bertz CT molecular complexity index is 3960. The first kappa shape index (κ1) is 56.5. The molecule has 0 bridgehead atoms. The second-order valence-corrected chi connectivity index (χ2v) is 23.6. The van der Waals surface area contributed by atoms with E-state index in [9.17, 15) is 48.8 Å². The van der Waals surface area contributed by atoms with E-state index in [0.29, 0.717) is 0 Å². The fourth-order valence-electron chi connectivity index (χ4n) is 10.4. The van der Waals surface area contributed by atoms with E-state index in [0.717, 1.165) is 47.1 Å². The van der Waals surface area contributed by atoms with Crippen LogP contribution >= 0.6 is 23.5 Å². The average Bonchev–Trinajstić information content (AvgIpc) is 2.29. The molecule has 0 amide bonds. The maximum absolute atomic E-state index is 14.3. The number of aliphatic hydroxyl groups excluding tert-OH is 4. The van der Waals surface area contributed by atoms with Crippen LogP contribution in [-0.2, 0) is 64.5 Å². The van der Waals surface area contributed by atoms with Gasteiger partial charge in [0.2, 0.25) is 0 Å². The zero-order valence-corrected chi connectivity index (χ0v) is 45.0. The summed E-state index contributed by atoms with van der Waals surface area (Å²) in [6.45, 7) is -3.97. The van der Waals surface area contributed by atoms with E-state index in [1.54, 1.807) is 0 Å². The van der Waals surface area contributed by atoms with Crippen molar-refractivity contribution in [3.8, 4) is 0 Å². The smallest absolute Gasteiger partial charge is 0.386 e. The highest BCUT2D eigenvalue weighted by Crippen LogP contribution is 2.54. The molecule has 0 aliphatic carbocycles. The highest BCUT2D eigenvalue weighted by Gasteiger charge is 2.56. The van der Waals surface area contributed by atoms with Gasteiger partial charge in [-0.15, -0.1) is 0 Å². The Hall–Kier alpha value is -6.63. The molecule has 41 nitrogen and oxygen atoms in total. The Morgan fingerprint density at radius 3 is 0.917 bits per heavy atom. The summed E-state index contributed by atoms with van der Waals surface area (Å²) in [5, 5.41) is 47.9. The van der Waals surface area contributed by atoms with Crippen molar-refractivity contribution in [1.82, 2.24) is 78.1 Å². The number of nitrogens with zero attached hydrogens (tertiary/aromatic N) is 16. The summed E-state index contributed by atoms with van der Waals surface area (Å²) in [5.74, 6) is -0.255. The van der Waals surface area contributed by atoms with Gasteiger partial charge in [0.25, 0.3) is 0 Å². The number of nitrogen functional groups attached to an aromatic ring is 4. The Morgan fingerprint density at radius 2 is 0.631 bits per heavy atom. The Morgan fingerprint density at radius 1 is 0.381 bits per heavy atom. The minimum Gasteiger partial charge on any atom is -0.386 e. The minimum atomic E-state index is -5.60. The van der Waals surface area contributed by atoms with Crippen LogP contribution in [0.3, 0.4) is 0 Å². The van der Waals surface area contributed by atoms with Gasteiger partial charge in [0.1, 0.15) is 121 Å². The molecule has 8 aromatic heterocycles.